The van der Waals surface area contributed by atoms with Gasteiger partial charge in [0.15, 0.2) is 0 Å². The summed E-state index contributed by atoms with van der Waals surface area (Å²) in [5, 5.41) is 10.9. The van der Waals surface area contributed by atoms with E-state index in [-0.39, 0.29) is 10.8 Å². The third-order valence-corrected chi connectivity index (χ3v) is 5.00. The van der Waals surface area contributed by atoms with E-state index in [4.69, 9.17) is 0 Å². The standard InChI is InChI=1S/C7H8BrN5O2S2/c1-4-5(3-6(8)16-4)17(14,15)11-7-9-12-13(2)10-7/h3H,1-2H3,(H,10,11). The Labute approximate surface area is 110 Å². The van der Waals surface area contributed by atoms with Crippen molar-refractivity contribution >= 4 is 43.2 Å². The van der Waals surface area contributed by atoms with Crippen LogP contribution >= 0.6 is 27.3 Å². The summed E-state index contributed by atoms with van der Waals surface area (Å²) in [6.45, 7) is 1.73. The summed E-state index contributed by atoms with van der Waals surface area (Å²) >= 11 is 4.59. The molecule has 2 rings (SSSR count). The molecule has 0 aliphatic heterocycles. The largest absolute Gasteiger partial charge is 0.277 e. The lowest BCUT2D eigenvalue weighted by molar-refractivity contribution is 0.600. The van der Waals surface area contributed by atoms with Crippen LogP contribution in [0.3, 0.4) is 0 Å². The Kier molecular flexibility index (Phi) is 3.19. The molecule has 2 aromatic rings. The molecule has 0 radical (unpaired) electrons. The molecule has 0 saturated carbocycles. The number of sulfonamides is 1. The average molecular weight is 338 g/mol. The van der Waals surface area contributed by atoms with Crippen LogP contribution in [0, 0.1) is 6.92 Å². The second-order valence-electron chi connectivity index (χ2n) is 3.18. The van der Waals surface area contributed by atoms with Gasteiger partial charge >= 0.3 is 0 Å². The molecule has 10 heteroatoms. The first kappa shape index (κ1) is 12.5. The number of tetrazole rings is 1. The predicted octanol–water partition coefficient (Wildman–Crippen LogP) is 1.14. The number of thiophene rings is 1. The average Bonchev–Trinajstić information content (AvgIpc) is 2.72. The molecule has 0 fully saturated rings. The maximum absolute atomic E-state index is 12.0. The lowest BCUT2D eigenvalue weighted by Gasteiger charge is -2.02. The van der Waals surface area contributed by atoms with Crippen LogP contribution in [0.15, 0.2) is 14.7 Å². The van der Waals surface area contributed by atoms with Gasteiger partial charge in [-0.2, -0.15) is 4.80 Å². The van der Waals surface area contributed by atoms with E-state index < -0.39 is 10.0 Å². The molecule has 0 spiro atoms. The van der Waals surface area contributed by atoms with Crippen molar-refractivity contribution in [2.45, 2.75) is 11.8 Å². The van der Waals surface area contributed by atoms with Gasteiger partial charge in [-0.05, 0) is 34.1 Å². The second kappa shape index (κ2) is 4.35. The third kappa shape index (κ3) is 2.64. The highest BCUT2D eigenvalue weighted by molar-refractivity contribution is 9.11. The minimum atomic E-state index is -3.66. The second-order valence-corrected chi connectivity index (χ2v) is 7.47. The highest BCUT2D eigenvalue weighted by Crippen LogP contribution is 2.30. The number of nitrogens with zero attached hydrogens (tertiary/aromatic N) is 4. The Morgan fingerprint density at radius 3 is 2.71 bits per heavy atom. The Morgan fingerprint density at radius 1 is 1.53 bits per heavy atom. The van der Waals surface area contributed by atoms with Crippen molar-refractivity contribution in [3.05, 3.63) is 14.7 Å². The first-order valence-corrected chi connectivity index (χ1v) is 7.50. The molecule has 0 saturated heterocycles. The van der Waals surface area contributed by atoms with E-state index >= 15 is 0 Å². The van der Waals surface area contributed by atoms with Crippen molar-refractivity contribution in [3.8, 4) is 0 Å². The molecular formula is C7H8BrN5O2S2. The summed E-state index contributed by atoms with van der Waals surface area (Å²) in [7, 11) is -2.10. The molecule has 17 heavy (non-hydrogen) atoms. The molecule has 0 unspecified atom stereocenters. The van der Waals surface area contributed by atoms with E-state index in [0.29, 0.717) is 4.88 Å². The number of nitrogens with one attached hydrogen (secondary N) is 1. The van der Waals surface area contributed by atoms with E-state index in [2.05, 4.69) is 36.1 Å². The van der Waals surface area contributed by atoms with E-state index in [1.54, 1.807) is 20.0 Å². The zero-order chi connectivity index (χ0) is 12.6. The fourth-order valence-corrected chi connectivity index (χ4v) is 4.55. The van der Waals surface area contributed by atoms with E-state index in [0.717, 1.165) is 3.79 Å². The van der Waals surface area contributed by atoms with Gasteiger partial charge in [-0.1, -0.05) is 5.10 Å². The van der Waals surface area contributed by atoms with Crippen molar-refractivity contribution in [2.75, 3.05) is 4.72 Å². The Hall–Kier alpha value is -1.00. The van der Waals surface area contributed by atoms with Crippen LogP contribution in [0.2, 0.25) is 0 Å². The van der Waals surface area contributed by atoms with Crippen molar-refractivity contribution in [3.63, 3.8) is 0 Å². The number of anilines is 1. The lowest BCUT2D eigenvalue weighted by Crippen LogP contribution is -2.14. The molecule has 0 aliphatic carbocycles. The van der Waals surface area contributed by atoms with E-state index in [9.17, 15) is 8.42 Å². The topological polar surface area (TPSA) is 89.8 Å². The van der Waals surface area contributed by atoms with Crippen LogP contribution in [0.1, 0.15) is 4.88 Å². The van der Waals surface area contributed by atoms with Crippen LogP contribution in [0.25, 0.3) is 0 Å². The maximum atomic E-state index is 12.0. The van der Waals surface area contributed by atoms with Crippen LogP contribution in [-0.2, 0) is 17.1 Å². The summed E-state index contributed by atoms with van der Waals surface area (Å²) in [4.78, 5) is 2.07. The summed E-state index contributed by atoms with van der Waals surface area (Å²) < 4.78 is 27.0. The fraction of sp³-hybridized carbons (Fsp3) is 0.286. The van der Waals surface area contributed by atoms with Crippen molar-refractivity contribution < 1.29 is 8.42 Å². The number of aryl methyl sites for hydroxylation is 2. The van der Waals surface area contributed by atoms with Gasteiger partial charge in [0.05, 0.1) is 10.8 Å². The zero-order valence-corrected chi connectivity index (χ0v) is 12.1. The van der Waals surface area contributed by atoms with Gasteiger partial charge < -0.3 is 0 Å². The normalized spacial score (nSPS) is 11.7. The zero-order valence-electron chi connectivity index (χ0n) is 8.88. The maximum Gasteiger partial charge on any atom is 0.277 e. The van der Waals surface area contributed by atoms with Crippen LogP contribution < -0.4 is 4.72 Å². The molecule has 0 amide bonds. The summed E-state index contributed by atoms with van der Waals surface area (Å²) in [5.74, 6) is -0.0470. The molecule has 7 nitrogen and oxygen atoms in total. The molecule has 0 bridgehead atoms. The predicted molar refractivity (Wildman–Crippen MR) is 66.4 cm³/mol. The quantitative estimate of drug-likeness (QED) is 0.907. The monoisotopic (exact) mass is 337 g/mol. The molecule has 1 N–H and O–H groups in total. The van der Waals surface area contributed by atoms with Gasteiger partial charge in [0.25, 0.3) is 16.0 Å². The molecule has 2 heterocycles. The molecule has 0 atom stereocenters. The minimum Gasteiger partial charge on any atom is -0.245 e. The Morgan fingerprint density at radius 2 is 2.24 bits per heavy atom. The van der Waals surface area contributed by atoms with Crippen LogP contribution in [-0.4, -0.2) is 28.6 Å². The van der Waals surface area contributed by atoms with Gasteiger partial charge in [0.1, 0.15) is 4.90 Å². The van der Waals surface area contributed by atoms with Gasteiger partial charge in [-0.25, -0.2) is 13.1 Å². The molecular weight excluding hydrogens is 330 g/mol. The van der Waals surface area contributed by atoms with Crippen LogP contribution in [0.4, 0.5) is 5.95 Å². The molecule has 0 aromatic carbocycles. The summed E-state index contributed by atoms with van der Waals surface area (Å²) in [6, 6.07) is 1.54. The number of aromatic nitrogens is 4. The third-order valence-electron chi connectivity index (χ3n) is 1.87. The molecule has 0 aliphatic rings. The number of hydrogen-bond donors (Lipinski definition) is 1. The SMILES string of the molecule is Cc1sc(Br)cc1S(=O)(=O)Nc1nnn(C)n1. The van der Waals surface area contributed by atoms with Crippen molar-refractivity contribution in [1.29, 1.82) is 0 Å². The minimum absolute atomic E-state index is 0.0470. The first-order valence-electron chi connectivity index (χ1n) is 4.41. The number of rotatable bonds is 3. The lowest BCUT2D eigenvalue weighted by atomic mass is 10.5. The smallest absolute Gasteiger partial charge is 0.245 e. The highest BCUT2D eigenvalue weighted by Gasteiger charge is 2.21. The molecule has 2 aromatic heterocycles. The highest BCUT2D eigenvalue weighted by atomic mass is 79.9. The van der Waals surface area contributed by atoms with Gasteiger partial charge in [-0.15, -0.1) is 16.4 Å². The Bertz CT molecular complexity index is 647. The summed E-state index contributed by atoms with van der Waals surface area (Å²) in [6.07, 6.45) is 0. The number of halogens is 1. The first-order chi connectivity index (χ1) is 7.88. The van der Waals surface area contributed by atoms with Gasteiger partial charge in [0.2, 0.25) is 0 Å². The number of hydrogen-bond acceptors (Lipinski definition) is 6. The van der Waals surface area contributed by atoms with Crippen molar-refractivity contribution in [1.82, 2.24) is 20.2 Å². The van der Waals surface area contributed by atoms with Gasteiger partial charge in [-0.3, -0.25) is 0 Å². The summed E-state index contributed by atoms with van der Waals surface area (Å²) in [5.41, 5.74) is 0. The van der Waals surface area contributed by atoms with Gasteiger partial charge in [0, 0.05) is 4.88 Å². The van der Waals surface area contributed by atoms with E-state index in [1.807, 2.05) is 0 Å². The Balaban J connectivity index is 2.34. The van der Waals surface area contributed by atoms with Crippen LogP contribution in [0.5, 0.6) is 0 Å². The fourth-order valence-electron chi connectivity index (χ4n) is 1.20. The van der Waals surface area contributed by atoms with Crippen molar-refractivity contribution in [2.24, 2.45) is 7.05 Å². The van der Waals surface area contributed by atoms with E-state index in [1.165, 1.54) is 16.1 Å². The molecule has 92 valence electrons.